The molecule has 4 nitrogen and oxygen atoms in total. The third-order valence-electron chi connectivity index (χ3n) is 4.34. The largest absolute Gasteiger partial charge is 0.494 e. The van der Waals surface area contributed by atoms with Crippen LogP contribution in [0.15, 0.2) is 59.1 Å². The van der Waals surface area contributed by atoms with Crippen molar-refractivity contribution in [1.29, 1.82) is 0 Å². The maximum Gasteiger partial charge on any atom is 0.175 e. The minimum Gasteiger partial charge on any atom is -0.494 e. The lowest BCUT2D eigenvalue weighted by atomic mass is 10.2. The highest BCUT2D eigenvalue weighted by molar-refractivity contribution is 9.10. The maximum atomic E-state index is 6.24. The number of anilines is 1. The third kappa shape index (κ3) is 5.97. The molecule has 0 radical (unpaired) electrons. The van der Waals surface area contributed by atoms with Crippen LogP contribution in [0.4, 0.5) is 5.69 Å². The molecule has 0 aliphatic heterocycles. The lowest BCUT2D eigenvalue weighted by Gasteiger charge is -2.16. The molecule has 30 heavy (non-hydrogen) atoms. The van der Waals surface area contributed by atoms with E-state index in [-0.39, 0.29) is 0 Å². The predicted molar refractivity (Wildman–Crippen MR) is 126 cm³/mol. The second kappa shape index (κ2) is 10.8. The predicted octanol–water partition coefficient (Wildman–Crippen LogP) is 7.35. The average molecular weight is 511 g/mol. The highest BCUT2D eigenvalue weighted by Crippen LogP contribution is 2.38. The van der Waals surface area contributed by atoms with E-state index in [9.17, 15) is 0 Å². The number of nitrogens with one attached hydrogen (secondary N) is 1. The van der Waals surface area contributed by atoms with Crippen LogP contribution in [0.5, 0.6) is 17.2 Å². The zero-order valence-corrected chi connectivity index (χ0v) is 19.8. The summed E-state index contributed by atoms with van der Waals surface area (Å²) in [4.78, 5) is 0. The van der Waals surface area contributed by atoms with Crippen LogP contribution in [0.25, 0.3) is 0 Å². The number of rotatable bonds is 9. The number of halogens is 3. The van der Waals surface area contributed by atoms with Gasteiger partial charge in [-0.05, 0) is 76.9 Å². The van der Waals surface area contributed by atoms with Crippen molar-refractivity contribution in [2.45, 2.75) is 20.1 Å². The molecular weight excluding hydrogens is 489 g/mol. The summed E-state index contributed by atoms with van der Waals surface area (Å²) in [7, 11) is 1.62. The first-order valence-corrected chi connectivity index (χ1v) is 10.9. The van der Waals surface area contributed by atoms with E-state index < -0.39 is 0 Å². The lowest BCUT2D eigenvalue weighted by Crippen LogP contribution is -2.03. The van der Waals surface area contributed by atoms with E-state index in [0.717, 1.165) is 27.0 Å². The van der Waals surface area contributed by atoms with Gasteiger partial charge in [0.2, 0.25) is 0 Å². The second-order valence-corrected chi connectivity index (χ2v) is 8.14. The molecule has 0 saturated heterocycles. The third-order valence-corrected chi connectivity index (χ3v) is 5.51. The van der Waals surface area contributed by atoms with Gasteiger partial charge in [-0.2, -0.15) is 0 Å². The van der Waals surface area contributed by atoms with Gasteiger partial charge in [0.15, 0.2) is 11.5 Å². The van der Waals surface area contributed by atoms with Gasteiger partial charge in [-0.3, -0.25) is 0 Å². The molecule has 0 heterocycles. The molecule has 3 rings (SSSR count). The van der Waals surface area contributed by atoms with E-state index >= 15 is 0 Å². The fourth-order valence-corrected chi connectivity index (χ4v) is 3.91. The van der Waals surface area contributed by atoms with Crippen molar-refractivity contribution >= 4 is 44.8 Å². The van der Waals surface area contributed by atoms with Crippen molar-refractivity contribution < 1.29 is 14.2 Å². The molecule has 0 atom stereocenters. The van der Waals surface area contributed by atoms with E-state index in [0.29, 0.717) is 41.3 Å². The molecule has 0 aliphatic rings. The van der Waals surface area contributed by atoms with E-state index in [1.54, 1.807) is 19.2 Å². The molecule has 7 heteroatoms. The minimum atomic E-state index is 0.300. The molecule has 3 aromatic carbocycles. The SMILES string of the molecule is CCOc1ccc(NCc2cc(Br)c(OCc3ccc(Cl)cc3Cl)c(OC)c2)cc1. The van der Waals surface area contributed by atoms with Crippen molar-refractivity contribution in [1.82, 2.24) is 0 Å². The fraction of sp³-hybridized carbons (Fsp3) is 0.217. The van der Waals surface area contributed by atoms with Crippen LogP contribution in [-0.4, -0.2) is 13.7 Å². The molecule has 0 amide bonds. The zero-order chi connectivity index (χ0) is 21.5. The Labute approximate surface area is 195 Å². The van der Waals surface area contributed by atoms with E-state index in [4.69, 9.17) is 37.4 Å². The molecule has 1 N–H and O–H groups in total. The smallest absolute Gasteiger partial charge is 0.175 e. The quantitative estimate of drug-likeness (QED) is 0.326. The summed E-state index contributed by atoms with van der Waals surface area (Å²) in [5.74, 6) is 2.11. The molecule has 0 aliphatic carbocycles. The van der Waals surface area contributed by atoms with E-state index in [2.05, 4.69) is 21.2 Å². The normalized spacial score (nSPS) is 10.6. The molecule has 0 unspecified atom stereocenters. The molecular formula is C23H22BrCl2NO3. The Hall–Kier alpha value is -2.08. The molecule has 0 saturated carbocycles. The molecule has 0 spiro atoms. The highest BCUT2D eigenvalue weighted by Gasteiger charge is 2.13. The van der Waals surface area contributed by atoms with Crippen molar-refractivity contribution in [2.75, 3.05) is 19.0 Å². The summed E-state index contributed by atoms with van der Waals surface area (Å²) in [6, 6.07) is 17.2. The van der Waals surface area contributed by atoms with Gasteiger partial charge in [0, 0.05) is 27.8 Å². The Kier molecular flexibility index (Phi) is 8.14. The van der Waals surface area contributed by atoms with Gasteiger partial charge in [-0.1, -0.05) is 29.3 Å². The summed E-state index contributed by atoms with van der Waals surface area (Å²) in [5, 5.41) is 4.55. The molecule has 3 aromatic rings. The molecule has 0 aromatic heterocycles. The van der Waals surface area contributed by atoms with Gasteiger partial charge in [-0.25, -0.2) is 0 Å². The van der Waals surface area contributed by atoms with Gasteiger partial charge in [0.25, 0.3) is 0 Å². The van der Waals surface area contributed by atoms with Crippen molar-refractivity contribution in [2.24, 2.45) is 0 Å². The van der Waals surface area contributed by atoms with E-state index in [1.165, 1.54) is 0 Å². The van der Waals surface area contributed by atoms with Crippen LogP contribution in [0, 0.1) is 0 Å². The fourth-order valence-electron chi connectivity index (χ4n) is 2.84. The first-order valence-electron chi connectivity index (χ1n) is 9.40. The number of hydrogen-bond donors (Lipinski definition) is 1. The number of ether oxygens (including phenoxy) is 3. The van der Waals surface area contributed by atoms with Crippen LogP contribution in [0.3, 0.4) is 0 Å². The van der Waals surface area contributed by atoms with Crippen molar-refractivity contribution in [3.05, 3.63) is 80.2 Å². The zero-order valence-electron chi connectivity index (χ0n) is 16.7. The first-order chi connectivity index (χ1) is 14.5. The Morgan fingerprint density at radius 2 is 1.73 bits per heavy atom. The standard InChI is InChI=1S/C23H22BrCl2NO3/c1-3-29-19-8-6-18(7-9-19)27-13-15-10-20(24)23(22(11-15)28-2)30-14-16-4-5-17(25)12-21(16)26/h4-12,27H,3,13-14H2,1-2H3. The Morgan fingerprint density at radius 1 is 0.967 bits per heavy atom. The van der Waals surface area contributed by atoms with Crippen molar-refractivity contribution in [3.8, 4) is 17.2 Å². The summed E-state index contributed by atoms with van der Waals surface area (Å²) < 4.78 is 17.8. The maximum absolute atomic E-state index is 6.24. The number of hydrogen-bond acceptors (Lipinski definition) is 4. The number of methoxy groups -OCH3 is 1. The molecule has 0 fully saturated rings. The van der Waals surface area contributed by atoms with Crippen LogP contribution < -0.4 is 19.5 Å². The van der Waals surface area contributed by atoms with Crippen LogP contribution in [-0.2, 0) is 13.2 Å². The van der Waals surface area contributed by atoms with Crippen LogP contribution in [0.2, 0.25) is 10.0 Å². The Balaban J connectivity index is 1.68. The highest BCUT2D eigenvalue weighted by atomic mass is 79.9. The topological polar surface area (TPSA) is 39.7 Å². The minimum absolute atomic E-state index is 0.300. The Morgan fingerprint density at radius 3 is 2.40 bits per heavy atom. The van der Waals surface area contributed by atoms with Gasteiger partial charge in [0.05, 0.1) is 18.2 Å². The first kappa shape index (κ1) is 22.6. The summed E-state index contributed by atoms with van der Waals surface area (Å²) in [6.45, 7) is 3.55. The van der Waals surface area contributed by atoms with E-state index in [1.807, 2.05) is 49.4 Å². The Bertz CT molecular complexity index is 996. The molecule has 158 valence electrons. The van der Waals surface area contributed by atoms with Crippen molar-refractivity contribution in [3.63, 3.8) is 0 Å². The van der Waals surface area contributed by atoms with Gasteiger partial charge in [0.1, 0.15) is 12.4 Å². The van der Waals surface area contributed by atoms with Gasteiger partial charge < -0.3 is 19.5 Å². The number of benzene rings is 3. The summed E-state index contributed by atoms with van der Waals surface area (Å²) >= 11 is 15.8. The monoisotopic (exact) mass is 509 g/mol. The van der Waals surface area contributed by atoms with Crippen LogP contribution in [0.1, 0.15) is 18.1 Å². The second-order valence-electron chi connectivity index (χ2n) is 6.44. The lowest BCUT2D eigenvalue weighted by molar-refractivity contribution is 0.282. The summed E-state index contributed by atoms with van der Waals surface area (Å²) in [6.07, 6.45) is 0. The van der Waals surface area contributed by atoms with Crippen LogP contribution >= 0.6 is 39.1 Å². The average Bonchev–Trinajstić information content (AvgIpc) is 2.73. The molecule has 0 bridgehead atoms. The van der Waals surface area contributed by atoms with Gasteiger partial charge in [-0.15, -0.1) is 0 Å². The van der Waals surface area contributed by atoms with Gasteiger partial charge >= 0.3 is 0 Å². The summed E-state index contributed by atoms with van der Waals surface area (Å²) in [5.41, 5.74) is 2.90.